The van der Waals surface area contributed by atoms with Gasteiger partial charge in [0.25, 0.3) is 0 Å². The Kier molecular flexibility index (Phi) is 3.12. The third-order valence-electron chi connectivity index (χ3n) is 6.43. The summed E-state index contributed by atoms with van der Waals surface area (Å²) in [4.78, 5) is 0. The zero-order chi connectivity index (χ0) is 13.6. The van der Waals surface area contributed by atoms with Gasteiger partial charge >= 0.3 is 0 Å². The van der Waals surface area contributed by atoms with Crippen molar-refractivity contribution in [3.8, 4) is 0 Å². The van der Waals surface area contributed by atoms with Crippen molar-refractivity contribution >= 4 is 0 Å². The van der Waals surface area contributed by atoms with Crippen molar-refractivity contribution in [1.82, 2.24) is 5.43 Å². The molecule has 0 amide bonds. The van der Waals surface area contributed by atoms with E-state index in [2.05, 4.69) is 35.8 Å². The lowest BCUT2D eigenvalue weighted by Crippen LogP contribution is -2.45. The van der Waals surface area contributed by atoms with Crippen LogP contribution in [0.15, 0.2) is 30.3 Å². The Bertz CT molecular complexity index is 466. The third-order valence-corrected chi connectivity index (χ3v) is 6.43. The van der Waals surface area contributed by atoms with Crippen molar-refractivity contribution in [2.45, 2.75) is 56.4 Å². The molecule has 4 atom stereocenters. The van der Waals surface area contributed by atoms with Crippen LogP contribution in [0.2, 0.25) is 0 Å². The minimum atomic E-state index is 0.331. The summed E-state index contributed by atoms with van der Waals surface area (Å²) < 4.78 is 0. The molecule has 2 heteroatoms. The lowest BCUT2D eigenvalue weighted by Gasteiger charge is -2.32. The summed E-state index contributed by atoms with van der Waals surface area (Å²) in [5, 5.41) is 0. The van der Waals surface area contributed by atoms with Crippen molar-refractivity contribution in [3.05, 3.63) is 35.9 Å². The molecular formula is C18H26N2. The molecule has 1 aromatic carbocycles. The van der Waals surface area contributed by atoms with Crippen molar-refractivity contribution in [2.24, 2.45) is 23.6 Å². The number of benzene rings is 1. The summed E-state index contributed by atoms with van der Waals surface area (Å²) in [5.41, 5.74) is 5.01. The maximum atomic E-state index is 5.96. The van der Waals surface area contributed by atoms with Crippen LogP contribution in [0.4, 0.5) is 0 Å². The standard InChI is InChI=1S/C18H26N2/c19-20-17(12-15-11-13-6-7-14(15)10-13)18(8-9-18)16-4-2-1-3-5-16/h1-5,13-15,17,20H,6-12,19H2. The molecule has 3 aliphatic carbocycles. The van der Waals surface area contributed by atoms with Crippen LogP contribution in [-0.2, 0) is 5.41 Å². The lowest BCUT2D eigenvalue weighted by atomic mass is 9.78. The molecule has 3 N–H and O–H groups in total. The molecule has 0 aromatic heterocycles. The first-order valence-corrected chi connectivity index (χ1v) is 8.33. The second-order valence-electron chi connectivity index (χ2n) is 7.41. The Morgan fingerprint density at radius 3 is 2.50 bits per heavy atom. The second kappa shape index (κ2) is 4.85. The molecule has 20 heavy (non-hydrogen) atoms. The van der Waals surface area contributed by atoms with E-state index in [0.29, 0.717) is 11.5 Å². The first-order valence-electron chi connectivity index (χ1n) is 8.33. The van der Waals surface area contributed by atoms with E-state index in [-0.39, 0.29) is 0 Å². The molecular weight excluding hydrogens is 244 g/mol. The third kappa shape index (κ3) is 2.01. The van der Waals surface area contributed by atoms with Gasteiger partial charge < -0.3 is 0 Å². The van der Waals surface area contributed by atoms with Crippen LogP contribution in [0.5, 0.6) is 0 Å². The molecule has 1 aromatic rings. The average Bonchev–Trinajstić information content (AvgIpc) is 3.04. The van der Waals surface area contributed by atoms with E-state index in [9.17, 15) is 0 Å². The van der Waals surface area contributed by atoms with Crippen LogP contribution in [0.3, 0.4) is 0 Å². The Hall–Kier alpha value is -0.860. The summed E-state index contributed by atoms with van der Waals surface area (Å²) in [6.45, 7) is 0. The molecule has 0 saturated heterocycles. The molecule has 2 bridgehead atoms. The maximum absolute atomic E-state index is 5.96. The minimum absolute atomic E-state index is 0.331. The van der Waals surface area contributed by atoms with Crippen LogP contribution in [0, 0.1) is 17.8 Å². The summed E-state index contributed by atoms with van der Waals surface area (Å²) >= 11 is 0. The van der Waals surface area contributed by atoms with Gasteiger partial charge in [-0.3, -0.25) is 11.3 Å². The van der Waals surface area contributed by atoms with Gasteiger partial charge in [0.05, 0.1) is 0 Å². The summed E-state index contributed by atoms with van der Waals surface area (Å²) in [7, 11) is 0. The quantitative estimate of drug-likeness (QED) is 0.636. The lowest BCUT2D eigenvalue weighted by molar-refractivity contribution is 0.254. The number of fused-ring (bicyclic) bond motifs is 2. The number of rotatable bonds is 5. The van der Waals surface area contributed by atoms with Crippen molar-refractivity contribution in [1.29, 1.82) is 0 Å². The number of nitrogens with one attached hydrogen (secondary N) is 1. The molecule has 0 spiro atoms. The predicted octanol–water partition coefficient (Wildman–Crippen LogP) is 3.38. The van der Waals surface area contributed by atoms with Crippen LogP contribution in [0.25, 0.3) is 0 Å². The molecule has 0 radical (unpaired) electrons. The van der Waals surface area contributed by atoms with E-state index in [4.69, 9.17) is 5.84 Å². The molecule has 2 nitrogen and oxygen atoms in total. The summed E-state index contributed by atoms with van der Waals surface area (Å²) in [6.07, 6.45) is 9.82. The van der Waals surface area contributed by atoms with E-state index in [0.717, 1.165) is 17.8 Å². The van der Waals surface area contributed by atoms with Gasteiger partial charge in [0.1, 0.15) is 0 Å². The fourth-order valence-electron chi connectivity index (χ4n) is 5.16. The Morgan fingerprint density at radius 1 is 1.15 bits per heavy atom. The zero-order valence-corrected chi connectivity index (χ0v) is 12.2. The van der Waals surface area contributed by atoms with Gasteiger partial charge in [-0.2, -0.15) is 0 Å². The fourth-order valence-corrected chi connectivity index (χ4v) is 5.16. The van der Waals surface area contributed by atoms with Gasteiger partial charge in [0, 0.05) is 11.5 Å². The molecule has 4 rings (SSSR count). The smallest absolute Gasteiger partial charge is 0.0310 e. The van der Waals surface area contributed by atoms with Gasteiger partial charge in [0.15, 0.2) is 0 Å². The first-order chi connectivity index (χ1) is 9.82. The fraction of sp³-hybridized carbons (Fsp3) is 0.667. The Morgan fingerprint density at radius 2 is 1.95 bits per heavy atom. The summed E-state index contributed by atoms with van der Waals surface area (Å²) in [5.74, 6) is 8.93. The zero-order valence-electron chi connectivity index (χ0n) is 12.2. The van der Waals surface area contributed by atoms with E-state index < -0.39 is 0 Å². The van der Waals surface area contributed by atoms with Crippen LogP contribution < -0.4 is 11.3 Å². The first kappa shape index (κ1) is 12.8. The molecule has 3 saturated carbocycles. The van der Waals surface area contributed by atoms with Gasteiger partial charge in [-0.05, 0) is 61.8 Å². The van der Waals surface area contributed by atoms with E-state index in [1.807, 2.05) is 0 Å². The van der Waals surface area contributed by atoms with Crippen molar-refractivity contribution < 1.29 is 0 Å². The van der Waals surface area contributed by atoms with Crippen LogP contribution >= 0.6 is 0 Å². The molecule has 108 valence electrons. The van der Waals surface area contributed by atoms with Crippen molar-refractivity contribution in [2.75, 3.05) is 0 Å². The maximum Gasteiger partial charge on any atom is 0.0310 e. The van der Waals surface area contributed by atoms with Gasteiger partial charge in [0.2, 0.25) is 0 Å². The molecule has 4 unspecified atom stereocenters. The Balaban J connectivity index is 1.51. The molecule has 0 aliphatic heterocycles. The predicted molar refractivity (Wildman–Crippen MR) is 82.0 cm³/mol. The number of hydrogen-bond donors (Lipinski definition) is 2. The highest BCUT2D eigenvalue weighted by Crippen LogP contribution is 2.55. The van der Waals surface area contributed by atoms with Crippen molar-refractivity contribution in [3.63, 3.8) is 0 Å². The molecule has 0 heterocycles. The molecule has 3 fully saturated rings. The van der Waals surface area contributed by atoms with Gasteiger partial charge in [-0.1, -0.05) is 36.8 Å². The van der Waals surface area contributed by atoms with E-state index in [1.165, 1.54) is 50.5 Å². The van der Waals surface area contributed by atoms with Gasteiger partial charge in [-0.15, -0.1) is 0 Å². The van der Waals surface area contributed by atoms with E-state index in [1.54, 1.807) is 0 Å². The Labute approximate surface area is 122 Å². The minimum Gasteiger partial charge on any atom is -0.271 e. The van der Waals surface area contributed by atoms with Gasteiger partial charge in [-0.25, -0.2) is 0 Å². The van der Waals surface area contributed by atoms with Crippen LogP contribution in [-0.4, -0.2) is 6.04 Å². The normalized spacial score (nSPS) is 35.1. The molecule has 3 aliphatic rings. The highest BCUT2D eigenvalue weighted by atomic mass is 15.2. The average molecular weight is 270 g/mol. The largest absolute Gasteiger partial charge is 0.271 e. The highest BCUT2D eigenvalue weighted by molar-refractivity contribution is 5.33. The van der Waals surface area contributed by atoms with Crippen LogP contribution in [0.1, 0.15) is 50.5 Å². The number of nitrogens with two attached hydrogens (primary N) is 1. The SMILES string of the molecule is NNC(CC1CC2CCC1C2)C1(c2ccccc2)CC1. The number of hydrogen-bond acceptors (Lipinski definition) is 2. The topological polar surface area (TPSA) is 38.0 Å². The summed E-state index contributed by atoms with van der Waals surface area (Å²) in [6, 6.07) is 11.5. The monoisotopic (exact) mass is 270 g/mol. The second-order valence-corrected chi connectivity index (χ2v) is 7.41. The highest BCUT2D eigenvalue weighted by Gasteiger charge is 2.52. The number of hydrazine groups is 1. The van der Waals surface area contributed by atoms with E-state index >= 15 is 0 Å².